The Morgan fingerprint density at radius 1 is 1.16 bits per heavy atom. The Kier molecular flexibility index (Phi) is 7.12. The van der Waals surface area contributed by atoms with Crippen LogP contribution in [0.3, 0.4) is 0 Å². The molecule has 8 nitrogen and oxygen atoms in total. The van der Waals surface area contributed by atoms with Gasteiger partial charge >= 0.3 is 0 Å². The molecular weight excluding hydrogens is 595 g/mol. The van der Waals surface area contributed by atoms with Crippen molar-refractivity contribution in [3.63, 3.8) is 0 Å². The molecule has 1 fully saturated rings. The Labute approximate surface area is 233 Å². The third kappa shape index (κ3) is 5.24. The van der Waals surface area contributed by atoms with E-state index in [9.17, 15) is 12.8 Å². The van der Waals surface area contributed by atoms with Crippen LogP contribution < -0.4 is 19.7 Å². The van der Waals surface area contributed by atoms with Crippen LogP contribution in [0.15, 0.2) is 81.8 Å². The van der Waals surface area contributed by atoms with Crippen molar-refractivity contribution in [3.05, 3.63) is 94.7 Å². The van der Waals surface area contributed by atoms with Gasteiger partial charge in [-0.2, -0.15) is 0 Å². The molecule has 0 aliphatic carbocycles. The Balaban J connectivity index is 1.60. The molecule has 0 saturated carbocycles. The molecule has 1 saturated heterocycles. The van der Waals surface area contributed by atoms with E-state index in [1.54, 1.807) is 48.7 Å². The van der Waals surface area contributed by atoms with E-state index in [1.807, 2.05) is 23.1 Å². The summed E-state index contributed by atoms with van der Waals surface area (Å²) in [5.41, 5.74) is 1.99. The van der Waals surface area contributed by atoms with E-state index in [1.165, 1.54) is 13.2 Å². The molecule has 0 spiro atoms. The van der Waals surface area contributed by atoms with Gasteiger partial charge in [0.2, 0.25) is 10.0 Å². The summed E-state index contributed by atoms with van der Waals surface area (Å²) in [7, 11) is -2.07. The largest absolute Gasteiger partial charge is 0.494 e. The highest BCUT2D eigenvalue weighted by Gasteiger charge is 2.43. The van der Waals surface area contributed by atoms with Gasteiger partial charge < -0.3 is 19.4 Å². The van der Waals surface area contributed by atoms with Crippen LogP contribution >= 0.6 is 28.1 Å². The lowest BCUT2D eigenvalue weighted by atomic mass is 10.0. The molecule has 2 N–H and O–H groups in total. The maximum absolute atomic E-state index is 14.7. The number of nitrogens with zero attached hydrogens (tertiary/aromatic N) is 2. The number of benzene rings is 2. The first-order chi connectivity index (χ1) is 18.1. The third-order valence-electron chi connectivity index (χ3n) is 5.97. The minimum Gasteiger partial charge on any atom is -0.494 e. The summed E-state index contributed by atoms with van der Waals surface area (Å²) in [6, 6.07) is 18.0. The zero-order chi connectivity index (χ0) is 27.0. The number of hydrogen-bond donors (Lipinski definition) is 2. The average Bonchev–Trinajstić information content (AvgIpc) is 3.48. The van der Waals surface area contributed by atoms with Gasteiger partial charge in [-0.3, -0.25) is 9.71 Å². The molecule has 4 aromatic rings. The SMILES string of the molecule is COc1cc(N2C(=S)N[C@H](c3ccccn3)[C@H]2c2ccc(-c3ccc(Br)cc3F)o2)ccc1NS(C)(=O)=O. The molecule has 0 radical (unpaired) electrons. The van der Waals surface area contributed by atoms with Crippen LogP contribution in [0.25, 0.3) is 11.3 Å². The second-order valence-corrected chi connectivity index (χ2v) is 11.6. The number of sulfonamides is 1. The fourth-order valence-electron chi connectivity index (χ4n) is 4.38. The zero-order valence-electron chi connectivity index (χ0n) is 20.2. The number of furan rings is 1. The van der Waals surface area contributed by atoms with Gasteiger partial charge in [0.15, 0.2) is 5.11 Å². The van der Waals surface area contributed by atoms with Crippen LogP contribution in [0.1, 0.15) is 23.5 Å². The summed E-state index contributed by atoms with van der Waals surface area (Å²) in [4.78, 5) is 6.37. The predicted octanol–water partition coefficient (Wildman–Crippen LogP) is 5.80. The van der Waals surface area contributed by atoms with Crippen molar-refractivity contribution in [1.82, 2.24) is 10.3 Å². The first kappa shape index (κ1) is 26.1. The standard InChI is InChI=1S/C26H22BrFN4O4S2/c1-35-23-14-16(7-9-19(23)31-38(2,33)34)32-25(24(30-26(32)37)20-5-3-4-12-29-20)22-11-10-21(36-22)17-8-6-15(27)13-18(17)28/h3-14,24-25,31H,1-2H3,(H,30,37)/t24-,25-/m1/s1. The first-order valence-corrected chi connectivity index (χ1v) is 14.5. The molecule has 5 rings (SSSR count). The Morgan fingerprint density at radius 3 is 2.66 bits per heavy atom. The number of ether oxygens (including phenoxy) is 1. The number of thiocarbonyl (C=S) groups is 1. The van der Waals surface area contributed by atoms with Crippen LogP contribution in [0.4, 0.5) is 15.8 Å². The molecular formula is C26H22BrFN4O4S2. The molecule has 196 valence electrons. The highest BCUT2D eigenvalue weighted by atomic mass is 79.9. The number of methoxy groups -OCH3 is 1. The average molecular weight is 618 g/mol. The van der Waals surface area contributed by atoms with Gasteiger partial charge in [0.1, 0.15) is 29.1 Å². The lowest BCUT2D eigenvalue weighted by Crippen LogP contribution is -2.29. The Hall–Kier alpha value is -3.48. The molecule has 12 heteroatoms. The second-order valence-electron chi connectivity index (χ2n) is 8.58. The van der Waals surface area contributed by atoms with Gasteiger partial charge in [0.25, 0.3) is 0 Å². The van der Waals surface area contributed by atoms with Gasteiger partial charge in [-0.05, 0) is 66.8 Å². The topological polar surface area (TPSA) is 96.7 Å². The summed E-state index contributed by atoms with van der Waals surface area (Å²) >= 11 is 9.02. The van der Waals surface area contributed by atoms with E-state index in [0.29, 0.717) is 43.8 Å². The van der Waals surface area contributed by atoms with Crippen molar-refractivity contribution in [2.45, 2.75) is 12.1 Å². The smallest absolute Gasteiger partial charge is 0.229 e. The van der Waals surface area contributed by atoms with Gasteiger partial charge in [-0.1, -0.05) is 22.0 Å². The van der Waals surface area contributed by atoms with E-state index < -0.39 is 27.9 Å². The molecule has 0 amide bonds. The molecule has 1 aliphatic heterocycles. The number of aromatic nitrogens is 1. The quantitative estimate of drug-likeness (QED) is 0.251. The van der Waals surface area contributed by atoms with Gasteiger partial charge in [-0.25, -0.2) is 12.8 Å². The summed E-state index contributed by atoms with van der Waals surface area (Å²) in [6.45, 7) is 0. The maximum Gasteiger partial charge on any atom is 0.229 e. The first-order valence-electron chi connectivity index (χ1n) is 11.4. The molecule has 2 atom stereocenters. The van der Waals surface area contributed by atoms with Crippen LogP contribution in [-0.4, -0.2) is 31.9 Å². The van der Waals surface area contributed by atoms with Crippen molar-refractivity contribution in [3.8, 4) is 17.1 Å². The van der Waals surface area contributed by atoms with Crippen molar-refractivity contribution in [2.24, 2.45) is 0 Å². The number of hydrogen-bond acceptors (Lipinski definition) is 6. The summed E-state index contributed by atoms with van der Waals surface area (Å²) < 4.78 is 53.1. The monoisotopic (exact) mass is 616 g/mol. The third-order valence-corrected chi connectivity index (χ3v) is 7.37. The van der Waals surface area contributed by atoms with Crippen LogP contribution in [-0.2, 0) is 10.0 Å². The highest BCUT2D eigenvalue weighted by molar-refractivity contribution is 9.10. The van der Waals surface area contributed by atoms with E-state index in [2.05, 4.69) is 31.0 Å². The maximum atomic E-state index is 14.7. The number of nitrogens with one attached hydrogen (secondary N) is 2. The van der Waals surface area contributed by atoms with Gasteiger partial charge in [0, 0.05) is 22.4 Å². The predicted molar refractivity (Wildman–Crippen MR) is 151 cm³/mol. The highest BCUT2D eigenvalue weighted by Crippen LogP contribution is 2.44. The molecule has 2 aromatic heterocycles. The molecule has 38 heavy (non-hydrogen) atoms. The lowest BCUT2D eigenvalue weighted by molar-refractivity contribution is 0.416. The summed E-state index contributed by atoms with van der Waals surface area (Å²) in [6.07, 6.45) is 2.76. The molecule has 3 heterocycles. The van der Waals surface area contributed by atoms with Crippen molar-refractivity contribution in [2.75, 3.05) is 23.0 Å². The summed E-state index contributed by atoms with van der Waals surface area (Å²) in [5.74, 6) is 0.792. The van der Waals surface area contributed by atoms with Crippen LogP contribution in [0, 0.1) is 5.82 Å². The lowest BCUT2D eigenvalue weighted by Gasteiger charge is -2.27. The molecule has 0 unspecified atom stereocenters. The molecule has 0 bridgehead atoms. The van der Waals surface area contributed by atoms with Gasteiger partial charge in [0.05, 0.1) is 36.4 Å². The van der Waals surface area contributed by atoms with Crippen LogP contribution in [0.5, 0.6) is 5.75 Å². The van der Waals surface area contributed by atoms with E-state index >= 15 is 0 Å². The van der Waals surface area contributed by atoms with Crippen molar-refractivity contribution >= 4 is 54.7 Å². The molecule has 2 aromatic carbocycles. The zero-order valence-corrected chi connectivity index (χ0v) is 23.4. The van der Waals surface area contributed by atoms with E-state index in [4.69, 9.17) is 21.4 Å². The van der Waals surface area contributed by atoms with E-state index in [-0.39, 0.29) is 0 Å². The molecule has 1 aliphatic rings. The minimum atomic E-state index is -3.52. The van der Waals surface area contributed by atoms with Crippen LogP contribution in [0.2, 0.25) is 0 Å². The Morgan fingerprint density at radius 2 is 1.97 bits per heavy atom. The number of rotatable bonds is 7. The fourth-order valence-corrected chi connectivity index (χ4v) is 5.63. The second kappa shape index (κ2) is 10.4. The van der Waals surface area contributed by atoms with Crippen molar-refractivity contribution < 1.29 is 22.0 Å². The number of halogens is 2. The minimum absolute atomic E-state index is 0.292. The number of anilines is 2. The Bertz CT molecular complexity index is 1610. The van der Waals surface area contributed by atoms with E-state index in [0.717, 1.165) is 11.9 Å². The van der Waals surface area contributed by atoms with Crippen molar-refractivity contribution in [1.29, 1.82) is 0 Å². The summed E-state index contributed by atoms with van der Waals surface area (Å²) in [5, 5.41) is 3.73. The number of pyridine rings is 1. The fraction of sp³-hybridized carbons (Fsp3) is 0.154. The van der Waals surface area contributed by atoms with Gasteiger partial charge in [-0.15, -0.1) is 0 Å². The normalized spacial score (nSPS) is 17.4.